The third-order valence-corrected chi connectivity index (χ3v) is 4.92. The van der Waals surface area contributed by atoms with Crippen molar-refractivity contribution in [3.63, 3.8) is 0 Å². The lowest BCUT2D eigenvalue weighted by atomic mass is 10.0. The summed E-state index contributed by atoms with van der Waals surface area (Å²) in [6.07, 6.45) is 4.23. The number of ether oxygens (including phenoxy) is 1. The highest BCUT2D eigenvalue weighted by Gasteiger charge is 2.35. The average Bonchev–Trinajstić information content (AvgIpc) is 3.39. The van der Waals surface area contributed by atoms with E-state index in [0.717, 1.165) is 44.3 Å². The van der Waals surface area contributed by atoms with Crippen LogP contribution in [0.15, 0.2) is 18.2 Å². The zero-order chi connectivity index (χ0) is 16.4. The lowest BCUT2D eigenvalue weighted by Gasteiger charge is -2.37. The molecule has 0 aromatic heterocycles. The van der Waals surface area contributed by atoms with E-state index in [4.69, 9.17) is 4.74 Å². The number of methoxy groups -OCH3 is 1. The van der Waals surface area contributed by atoms with Gasteiger partial charge < -0.3 is 9.64 Å². The van der Waals surface area contributed by atoms with Gasteiger partial charge in [-0.1, -0.05) is 6.07 Å². The Morgan fingerprint density at radius 2 is 2.17 bits per heavy atom. The summed E-state index contributed by atoms with van der Waals surface area (Å²) in [6.45, 7) is 2.57. The largest absolute Gasteiger partial charge is 0.494 e. The Balaban J connectivity index is 1.59. The number of nitrogens with zero attached hydrogens (tertiary/aromatic N) is 2. The van der Waals surface area contributed by atoms with Crippen molar-refractivity contribution >= 4 is 5.91 Å². The molecule has 1 heterocycles. The van der Waals surface area contributed by atoms with Gasteiger partial charge in [0.25, 0.3) is 0 Å². The summed E-state index contributed by atoms with van der Waals surface area (Å²) >= 11 is 0. The minimum absolute atomic E-state index is 0.270. The number of halogens is 1. The van der Waals surface area contributed by atoms with Crippen molar-refractivity contribution in [1.29, 1.82) is 0 Å². The van der Waals surface area contributed by atoms with Gasteiger partial charge in [0.15, 0.2) is 11.6 Å². The van der Waals surface area contributed by atoms with E-state index in [1.54, 1.807) is 12.1 Å². The molecule has 126 valence electrons. The van der Waals surface area contributed by atoms with Gasteiger partial charge in [-0.15, -0.1) is 0 Å². The van der Waals surface area contributed by atoms with E-state index < -0.39 is 0 Å². The highest BCUT2D eigenvalue weighted by atomic mass is 19.1. The lowest BCUT2D eigenvalue weighted by Crippen LogP contribution is -2.48. The molecule has 5 heteroatoms. The van der Waals surface area contributed by atoms with Gasteiger partial charge in [-0.05, 0) is 49.9 Å². The number of rotatable bonds is 5. The number of hydrogen-bond donors (Lipinski definition) is 0. The second-order valence-electron chi connectivity index (χ2n) is 6.72. The summed E-state index contributed by atoms with van der Waals surface area (Å²) in [7, 11) is 3.40. The topological polar surface area (TPSA) is 32.8 Å². The van der Waals surface area contributed by atoms with Crippen LogP contribution in [0, 0.1) is 11.7 Å². The van der Waals surface area contributed by atoms with Crippen molar-refractivity contribution in [2.75, 3.05) is 27.2 Å². The van der Waals surface area contributed by atoms with Gasteiger partial charge in [0.1, 0.15) is 0 Å². The Morgan fingerprint density at radius 1 is 1.39 bits per heavy atom. The van der Waals surface area contributed by atoms with Crippen molar-refractivity contribution < 1.29 is 13.9 Å². The van der Waals surface area contributed by atoms with Crippen LogP contribution < -0.4 is 4.74 Å². The van der Waals surface area contributed by atoms with E-state index in [2.05, 4.69) is 4.90 Å². The fourth-order valence-corrected chi connectivity index (χ4v) is 3.36. The molecule has 1 unspecified atom stereocenters. The van der Waals surface area contributed by atoms with Crippen molar-refractivity contribution in [2.24, 2.45) is 5.92 Å². The number of carbonyl (C=O) groups excluding carboxylic acids is 1. The summed E-state index contributed by atoms with van der Waals surface area (Å²) in [5.41, 5.74) is 0.945. The number of likely N-dealkylation sites (N-methyl/N-ethyl adjacent to an activating group) is 1. The van der Waals surface area contributed by atoms with Crippen molar-refractivity contribution in [3.8, 4) is 5.75 Å². The van der Waals surface area contributed by atoms with Crippen LogP contribution in [0.5, 0.6) is 5.75 Å². The van der Waals surface area contributed by atoms with Gasteiger partial charge in [0.2, 0.25) is 5.91 Å². The van der Waals surface area contributed by atoms with Crippen molar-refractivity contribution in [2.45, 2.75) is 38.3 Å². The third-order valence-electron chi connectivity index (χ3n) is 4.92. The lowest BCUT2D eigenvalue weighted by molar-refractivity contribution is -0.134. The second-order valence-corrected chi connectivity index (χ2v) is 6.72. The Kier molecular flexibility index (Phi) is 4.85. The molecule has 0 bridgehead atoms. The highest BCUT2D eigenvalue weighted by Crippen LogP contribution is 2.32. The first-order chi connectivity index (χ1) is 11.1. The average molecular weight is 320 g/mol. The van der Waals surface area contributed by atoms with E-state index >= 15 is 0 Å². The van der Waals surface area contributed by atoms with Gasteiger partial charge in [-0.2, -0.15) is 0 Å². The van der Waals surface area contributed by atoms with Gasteiger partial charge >= 0.3 is 0 Å². The smallest absolute Gasteiger partial charge is 0.225 e. The Bertz CT molecular complexity index is 574. The predicted octanol–water partition coefficient (Wildman–Crippen LogP) is 2.67. The maximum absolute atomic E-state index is 13.8. The molecule has 1 aromatic carbocycles. The molecule has 1 amide bonds. The van der Waals surface area contributed by atoms with Crippen LogP contribution in [0.4, 0.5) is 4.39 Å². The van der Waals surface area contributed by atoms with Crippen LogP contribution in [0.1, 0.15) is 31.2 Å². The molecule has 4 nitrogen and oxygen atoms in total. The predicted molar refractivity (Wildman–Crippen MR) is 86.7 cm³/mol. The molecular formula is C18H25FN2O2. The number of hydrogen-bond acceptors (Lipinski definition) is 3. The molecular weight excluding hydrogens is 295 g/mol. The van der Waals surface area contributed by atoms with Gasteiger partial charge in [-0.25, -0.2) is 4.39 Å². The summed E-state index contributed by atoms with van der Waals surface area (Å²) in [4.78, 5) is 16.5. The first-order valence-corrected chi connectivity index (χ1v) is 8.40. The molecule has 2 fully saturated rings. The van der Waals surface area contributed by atoms with Crippen LogP contribution in [0.3, 0.4) is 0 Å². The number of benzene rings is 1. The molecule has 0 N–H and O–H groups in total. The van der Waals surface area contributed by atoms with Crippen LogP contribution in [0.25, 0.3) is 0 Å². The molecule has 2 aliphatic rings. The van der Waals surface area contributed by atoms with Gasteiger partial charge in [0.05, 0.1) is 7.11 Å². The zero-order valence-corrected chi connectivity index (χ0v) is 13.9. The molecule has 1 aromatic rings. The van der Waals surface area contributed by atoms with E-state index in [1.165, 1.54) is 7.11 Å². The van der Waals surface area contributed by atoms with E-state index in [-0.39, 0.29) is 23.5 Å². The van der Waals surface area contributed by atoms with Crippen LogP contribution in [0.2, 0.25) is 0 Å². The quantitative estimate of drug-likeness (QED) is 0.836. The summed E-state index contributed by atoms with van der Waals surface area (Å²) < 4.78 is 18.8. The minimum Gasteiger partial charge on any atom is -0.494 e. The SMILES string of the molecule is COc1ccc(CN2CCCC(N(C)C(=O)C3CC3)C2)cc1F. The number of likely N-dealkylation sites (tertiary alicyclic amines) is 1. The standard InChI is InChI=1S/C18H25FN2O2/c1-20(18(22)14-6-7-14)15-4-3-9-21(12-15)11-13-5-8-17(23-2)16(19)10-13/h5,8,10,14-15H,3-4,6-7,9,11-12H2,1-2H3. The van der Waals surface area contributed by atoms with E-state index in [0.29, 0.717) is 12.5 Å². The fraction of sp³-hybridized carbons (Fsp3) is 0.611. The molecule has 1 saturated carbocycles. The van der Waals surface area contributed by atoms with Crippen molar-refractivity contribution in [1.82, 2.24) is 9.80 Å². The van der Waals surface area contributed by atoms with Crippen LogP contribution in [-0.4, -0.2) is 49.0 Å². The number of amides is 1. The van der Waals surface area contributed by atoms with E-state index in [1.807, 2.05) is 18.0 Å². The maximum atomic E-state index is 13.8. The molecule has 0 radical (unpaired) electrons. The molecule has 1 aliphatic heterocycles. The number of carbonyl (C=O) groups is 1. The molecule has 1 saturated heterocycles. The first-order valence-electron chi connectivity index (χ1n) is 8.40. The van der Waals surface area contributed by atoms with Gasteiger partial charge in [0, 0.05) is 32.1 Å². The zero-order valence-electron chi connectivity index (χ0n) is 13.9. The highest BCUT2D eigenvalue weighted by molar-refractivity contribution is 5.81. The number of piperidine rings is 1. The second kappa shape index (κ2) is 6.87. The Labute approximate surface area is 137 Å². The molecule has 23 heavy (non-hydrogen) atoms. The normalized spacial score (nSPS) is 22.0. The molecule has 0 spiro atoms. The maximum Gasteiger partial charge on any atom is 0.225 e. The summed E-state index contributed by atoms with van der Waals surface area (Å²) in [5, 5.41) is 0. The summed E-state index contributed by atoms with van der Waals surface area (Å²) in [5.74, 6) is 0.526. The van der Waals surface area contributed by atoms with Crippen LogP contribution in [-0.2, 0) is 11.3 Å². The van der Waals surface area contributed by atoms with Crippen molar-refractivity contribution in [3.05, 3.63) is 29.6 Å². The molecule has 1 atom stereocenters. The summed E-state index contributed by atoms with van der Waals surface area (Å²) in [6, 6.07) is 5.40. The van der Waals surface area contributed by atoms with Crippen LogP contribution >= 0.6 is 0 Å². The minimum atomic E-state index is -0.320. The Morgan fingerprint density at radius 3 is 2.83 bits per heavy atom. The Hall–Kier alpha value is -1.62. The fourth-order valence-electron chi connectivity index (χ4n) is 3.36. The molecule has 1 aliphatic carbocycles. The van der Waals surface area contributed by atoms with E-state index in [9.17, 15) is 9.18 Å². The van der Waals surface area contributed by atoms with Gasteiger partial charge in [-0.3, -0.25) is 9.69 Å². The third kappa shape index (κ3) is 3.83. The first kappa shape index (κ1) is 16.2. The monoisotopic (exact) mass is 320 g/mol. The molecule has 3 rings (SSSR count).